The lowest BCUT2D eigenvalue weighted by Crippen LogP contribution is -2.48. The number of carbonyl (C=O) groups is 3. The van der Waals surface area contributed by atoms with Crippen LogP contribution < -0.4 is 0 Å². The Morgan fingerprint density at radius 3 is 2.43 bits per heavy atom. The van der Waals surface area contributed by atoms with Crippen molar-refractivity contribution in [1.29, 1.82) is 0 Å². The molecule has 0 bridgehead atoms. The highest BCUT2D eigenvalue weighted by molar-refractivity contribution is 5.93. The zero-order valence-electron chi connectivity index (χ0n) is 11.5. The summed E-state index contributed by atoms with van der Waals surface area (Å²) in [6.45, 7) is 1.86. The van der Waals surface area contributed by atoms with E-state index in [4.69, 9.17) is 10.2 Å². The molecule has 7 nitrogen and oxygen atoms in total. The SMILES string of the molecule is Cc1cccc(C(=O)N2CCC(C(=O)O)C(C(=O)O)C2)n1. The number of pyridine rings is 1. The molecule has 1 fully saturated rings. The van der Waals surface area contributed by atoms with Gasteiger partial charge in [0.2, 0.25) is 0 Å². The molecule has 1 aromatic rings. The number of rotatable bonds is 3. The average molecular weight is 292 g/mol. The maximum atomic E-state index is 12.3. The molecule has 2 N–H and O–H groups in total. The predicted molar refractivity (Wildman–Crippen MR) is 71.7 cm³/mol. The summed E-state index contributed by atoms with van der Waals surface area (Å²) in [7, 11) is 0. The van der Waals surface area contributed by atoms with Crippen LogP contribution in [0.2, 0.25) is 0 Å². The number of hydrogen-bond donors (Lipinski definition) is 2. The van der Waals surface area contributed by atoms with Gasteiger partial charge in [-0.05, 0) is 25.5 Å². The van der Waals surface area contributed by atoms with Crippen LogP contribution in [-0.2, 0) is 9.59 Å². The van der Waals surface area contributed by atoms with Crippen molar-refractivity contribution in [3.05, 3.63) is 29.6 Å². The predicted octanol–water partition coefficient (Wildman–Crippen LogP) is 0.638. The number of piperidine rings is 1. The van der Waals surface area contributed by atoms with E-state index in [-0.39, 0.29) is 31.1 Å². The van der Waals surface area contributed by atoms with Crippen molar-refractivity contribution in [2.45, 2.75) is 13.3 Å². The fraction of sp³-hybridized carbons (Fsp3) is 0.429. The minimum Gasteiger partial charge on any atom is -0.481 e. The number of carbonyl (C=O) groups excluding carboxylic acids is 1. The summed E-state index contributed by atoms with van der Waals surface area (Å²) in [5, 5.41) is 18.2. The zero-order valence-corrected chi connectivity index (χ0v) is 11.5. The summed E-state index contributed by atoms with van der Waals surface area (Å²) in [5.41, 5.74) is 0.934. The monoisotopic (exact) mass is 292 g/mol. The first-order valence-corrected chi connectivity index (χ1v) is 6.58. The third kappa shape index (κ3) is 3.18. The van der Waals surface area contributed by atoms with Crippen molar-refractivity contribution in [2.75, 3.05) is 13.1 Å². The van der Waals surface area contributed by atoms with Gasteiger partial charge in [0.1, 0.15) is 5.69 Å². The number of carboxylic acid groups (broad SMARTS) is 2. The standard InChI is InChI=1S/C14H16N2O5/c1-8-3-2-4-11(15-8)12(17)16-6-5-9(13(18)19)10(7-16)14(20)21/h2-4,9-10H,5-7H2,1H3,(H,18,19)(H,20,21). The lowest BCUT2D eigenvalue weighted by molar-refractivity contribution is -0.156. The molecular formula is C14H16N2O5. The van der Waals surface area contributed by atoms with Crippen LogP contribution >= 0.6 is 0 Å². The molecule has 1 saturated heterocycles. The Morgan fingerprint density at radius 2 is 1.86 bits per heavy atom. The van der Waals surface area contributed by atoms with Crippen LogP contribution in [0.1, 0.15) is 22.6 Å². The van der Waals surface area contributed by atoms with Crippen LogP contribution in [0.25, 0.3) is 0 Å². The van der Waals surface area contributed by atoms with Gasteiger partial charge in [-0.3, -0.25) is 14.4 Å². The summed E-state index contributed by atoms with van der Waals surface area (Å²) in [6, 6.07) is 5.02. The Hall–Kier alpha value is -2.44. The molecule has 2 heterocycles. The van der Waals surface area contributed by atoms with Crippen LogP contribution in [-0.4, -0.2) is 51.0 Å². The van der Waals surface area contributed by atoms with Gasteiger partial charge in [-0.2, -0.15) is 0 Å². The molecule has 0 radical (unpaired) electrons. The van der Waals surface area contributed by atoms with Crippen LogP contribution in [0, 0.1) is 18.8 Å². The number of likely N-dealkylation sites (tertiary alicyclic amines) is 1. The molecule has 0 aromatic carbocycles. The van der Waals surface area contributed by atoms with E-state index in [0.29, 0.717) is 5.69 Å². The molecule has 1 amide bonds. The van der Waals surface area contributed by atoms with Crippen molar-refractivity contribution in [3.8, 4) is 0 Å². The van der Waals surface area contributed by atoms with Gasteiger partial charge in [0.25, 0.3) is 5.91 Å². The lowest BCUT2D eigenvalue weighted by atomic mass is 9.85. The molecule has 21 heavy (non-hydrogen) atoms. The highest BCUT2D eigenvalue weighted by Crippen LogP contribution is 2.25. The molecule has 0 aliphatic carbocycles. The Labute approximate surface area is 121 Å². The number of aryl methyl sites for hydroxylation is 1. The van der Waals surface area contributed by atoms with Crippen LogP contribution in [0.15, 0.2) is 18.2 Å². The molecular weight excluding hydrogens is 276 g/mol. The first-order valence-electron chi connectivity index (χ1n) is 6.58. The van der Waals surface area contributed by atoms with Gasteiger partial charge in [0.05, 0.1) is 11.8 Å². The quantitative estimate of drug-likeness (QED) is 0.846. The van der Waals surface area contributed by atoms with Gasteiger partial charge in [-0.1, -0.05) is 6.07 Å². The fourth-order valence-electron chi connectivity index (χ4n) is 2.51. The molecule has 2 rings (SSSR count). The van der Waals surface area contributed by atoms with Crippen LogP contribution in [0.3, 0.4) is 0 Å². The van der Waals surface area contributed by atoms with Crippen molar-refractivity contribution >= 4 is 17.8 Å². The van der Waals surface area contributed by atoms with E-state index >= 15 is 0 Å². The molecule has 1 aliphatic heterocycles. The van der Waals surface area contributed by atoms with Crippen molar-refractivity contribution in [3.63, 3.8) is 0 Å². The molecule has 112 valence electrons. The van der Waals surface area contributed by atoms with E-state index in [2.05, 4.69) is 4.98 Å². The van der Waals surface area contributed by atoms with Gasteiger partial charge in [-0.15, -0.1) is 0 Å². The van der Waals surface area contributed by atoms with E-state index in [1.54, 1.807) is 25.1 Å². The van der Waals surface area contributed by atoms with Crippen molar-refractivity contribution in [1.82, 2.24) is 9.88 Å². The normalized spacial score (nSPS) is 21.9. The second kappa shape index (κ2) is 5.90. The van der Waals surface area contributed by atoms with Gasteiger partial charge < -0.3 is 15.1 Å². The minimum absolute atomic E-state index is 0.110. The third-order valence-electron chi connectivity index (χ3n) is 3.64. The van der Waals surface area contributed by atoms with Gasteiger partial charge in [-0.25, -0.2) is 4.98 Å². The Bertz CT molecular complexity index is 586. The van der Waals surface area contributed by atoms with Crippen LogP contribution in [0.4, 0.5) is 0 Å². The maximum absolute atomic E-state index is 12.3. The second-order valence-electron chi connectivity index (χ2n) is 5.09. The summed E-state index contributed by atoms with van der Waals surface area (Å²) in [5.74, 6) is -4.75. The van der Waals surface area contributed by atoms with E-state index in [1.165, 1.54) is 4.90 Å². The lowest BCUT2D eigenvalue weighted by Gasteiger charge is -2.34. The largest absolute Gasteiger partial charge is 0.481 e. The van der Waals surface area contributed by atoms with E-state index < -0.39 is 23.8 Å². The van der Waals surface area contributed by atoms with Crippen LogP contribution in [0.5, 0.6) is 0 Å². The van der Waals surface area contributed by atoms with Gasteiger partial charge >= 0.3 is 11.9 Å². The first-order chi connectivity index (χ1) is 9.90. The molecule has 2 atom stereocenters. The highest BCUT2D eigenvalue weighted by Gasteiger charge is 2.40. The number of hydrogen-bond acceptors (Lipinski definition) is 4. The topological polar surface area (TPSA) is 108 Å². The van der Waals surface area contributed by atoms with E-state index in [0.717, 1.165) is 0 Å². The fourth-order valence-corrected chi connectivity index (χ4v) is 2.51. The Kier molecular flexibility index (Phi) is 4.21. The molecule has 0 spiro atoms. The molecule has 1 aromatic heterocycles. The van der Waals surface area contributed by atoms with Gasteiger partial charge in [0.15, 0.2) is 0 Å². The molecule has 0 saturated carbocycles. The van der Waals surface area contributed by atoms with E-state index in [9.17, 15) is 14.4 Å². The molecule has 7 heteroatoms. The molecule has 1 aliphatic rings. The number of carboxylic acids is 2. The summed E-state index contributed by atoms with van der Waals surface area (Å²) in [4.78, 5) is 40.1. The minimum atomic E-state index is -1.20. The smallest absolute Gasteiger partial charge is 0.309 e. The van der Waals surface area contributed by atoms with Crippen molar-refractivity contribution in [2.24, 2.45) is 11.8 Å². The zero-order chi connectivity index (χ0) is 15.6. The number of nitrogens with zero attached hydrogens (tertiary/aromatic N) is 2. The summed E-state index contributed by atoms with van der Waals surface area (Å²) >= 11 is 0. The summed E-state index contributed by atoms with van der Waals surface area (Å²) in [6.07, 6.45) is 0.129. The number of amides is 1. The first kappa shape index (κ1) is 15.0. The average Bonchev–Trinajstić information content (AvgIpc) is 2.45. The Balaban J connectivity index is 2.17. The highest BCUT2D eigenvalue weighted by atomic mass is 16.4. The van der Waals surface area contributed by atoms with Crippen molar-refractivity contribution < 1.29 is 24.6 Å². The third-order valence-corrected chi connectivity index (χ3v) is 3.64. The number of aliphatic carboxylic acids is 2. The van der Waals surface area contributed by atoms with Gasteiger partial charge in [0, 0.05) is 18.8 Å². The summed E-state index contributed by atoms with van der Waals surface area (Å²) < 4.78 is 0. The second-order valence-corrected chi connectivity index (χ2v) is 5.09. The number of aromatic nitrogens is 1. The molecule has 2 unspecified atom stereocenters. The van der Waals surface area contributed by atoms with E-state index in [1.807, 2.05) is 0 Å². The maximum Gasteiger partial charge on any atom is 0.309 e. The Morgan fingerprint density at radius 1 is 1.19 bits per heavy atom.